The Labute approximate surface area is 92.0 Å². The molecule has 0 radical (unpaired) electrons. The van der Waals surface area contributed by atoms with Crippen molar-refractivity contribution in [3.63, 3.8) is 0 Å². The number of alkyl carbamates (subject to hydrolysis) is 1. The summed E-state index contributed by atoms with van der Waals surface area (Å²) in [5.74, 6) is -0.861. The zero-order valence-corrected chi connectivity index (χ0v) is 8.47. The first-order valence-electron chi connectivity index (χ1n) is 4.90. The van der Waals surface area contributed by atoms with Gasteiger partial charge in [-0.1, -0.05) is 12.1 Å². The van der Waals surface area contributed by atoms with E-state index in [4.69, 9.17) is 9.84 Å². The van der Waals surface area contributed by atoms with E-state index in [0.29, 0.717) is 13.2 Å². The summed E-state index contributed by atoms with van der Waals surface area (Å²) in [4.78, 5) is 21.4. The lowest BCUT2D eigenvalue weighted by Gasteiger charge is -2.23. The van der Waals surface area contributed by atoms with Gasteiger partial charge in [0.1, 0.15) is 6.61 Å². The van der Waals surface area contributed by atoms with Crippen LogP contribution in [0.2, 0.25) is 0 Å². The normalized spacial score (nSPS) is 19.8. The molecule has 16 heavy (non-hydrogen) atoms. The van der Waals surface area contributed by atoms with Crippen LogP contribution in [0.4, 0.5) is 4.79 Å². The Morgan fingerprint density at radius 3 is 2.56 bits per heavy atom. The van der Waals surface area contributed by atoms with Gasteiger partial charge in [0.05, 0.1) is 5.56 Å². The third-order valence-electron chi connectivity index (χ3n) is 2.54. The Balaban J connectivity index is 2.10. The average Bonchev–Trinajstić information content (AvgIpc) is 2.30. The molecule has 1 saturated heterocycles. The number of rotatable bonds is 2. The SMILES string of the molecule is O=C1NCC(c2ccc(C(=O)O)cc2)CO1. The van der Waals surface area contributed by atoms with E-state index in [2.05, 4.69) is 5.32 Å². The topological polar surface area (TPSA) is 75.6 Å². The molecule has 1 heterocycles. The van der Waals surface area contributed by atoms with Crippen LogP contribution in [0.3, 0.4) is 0 Å². The van der Waals surface area contributed by atoms with Crippen LogP contribution >= 0.6 is 0 Å². The van der Waals surface area contributed by atoms with Crippen LogP contribution in [0.5, 0.6) is 0 Å². The van der Waals surface area contributed by atoms with E-state index in [1.165, 1.54) is 0 Å². The number of amides is 1. The second-order valence-corrected chi connectivity index (χ2v) is 3.60. The van der Waals surface area contributed by atoms with Gasteiger partial charge in [-0.3, -0.25) is 0 Å². The summed E-state index contributed by atoms with van der Waals surface area (Å²) in [5, 5.41) is 11.3. The number of hydrogen-bond donors (Lipinski definition) is 2. The molecular weight excluding hydrogens is 210 g/mol. The number of cyclic esters (lactones) is 1. The summed E-state index contributed by atoms with van der Waals surface area (Å²) in [5.41, 5.74) is 1.22. The van der Waals surface area contributed by atoms with Crippen molar-refractivity contribution in [3.05, 3.63) is 35.4 Å². The van der Waals surface area contributed by atoms with Crippen LogP contribution < -0.4 is 5.32 Å². The highest BCUT2D eigenvalue weighted by atomic mass is 16.6. The summed E-state index contributed by atoms with van der Waals surface area (Å²) in [6.07, 6.45) is -0.404. The van der Waals surface area contributed by atoms with Gasteiger partial charge in [0.15, 0.2) is 0 Å². The average molecular weight is 221 g/mol. The van der Waals surface area contributed by atoms with Gasteiger partial charge in [0, 0.05) is 12.5 Å². The van der Waals surface area contributed by atoms with Crippen molar-refractivity contribution in [3.8, 4) is 0 Å². The Morgan fingerprint density at radius 2 is 2.06 bits per heavy atom. The predicted octanol–water partition coefficient (Wildman–Crippen LogP) is 1.21. The van der Waals surface area contributed by atoms with Crippen molar-refractivity contribution < 1.29 is 19.4 Å². The Morgan fingerprint density at radius 1 is 1.38 bits per heavy atom. The van der Waals surface area contributed by atoms with Gasteiger partial charge in [-0.2, -0.15) is 0 Å². The number of carbonyl (C=O) groups excluding carboxylic acids is 1. The van der Waals surface area contributed by atoms with Crippen LogP contribution in [0.25, 0.3) is 0 Å². The molecular formula is C11H11NO4. The van der Waals surface area contributed by atoms with Gasteiger partial charge < -0.3 is 15.2 Å². The molecule has 0 bridgehead atoms. The molecule has 1 aromatic rings. The largest absolute Gasteiger partial charge is 0.478 e. The molecule has 1 aliphatic rings. The number of aromatic carboxylic acids is 1. The fourth-order valence-corrected chi connectivity index (χ4v) is 1.60. The minimum Gasteiger partial charge on any atom is -0.478 e. The molecule has 1 aromatic carbocycles. The lowest BCUT2D eigenvalue weighted by molar-refractivity contribution is 0.0697. The lowest BCUT2D eigenvalue weighted by Crippen LogP contribution is -2.37. The number of carboxylic acids is 1. The quantitative estimate of drug-likeness (QED) is 0.787. The second kappa shape index (κ2) is 4.22. The summed E-state index contributed by atoms with van der Waals surface area (Å²) >= 11 is 0. The third-order valence-corrected chi connectivity index (χ3v) is 2.54. The van der Waals surface area contributed by atoms with E-state index >= 15 is 0 Å². The lowest BCUT2D eigenvalue weighted by atomic mass is 9.98. The summed E-state index contributed by atoms with van der Waals surface area (Å²) in [7, 11) is 0. The fourth-order valence-electron chi connectivity index (χ4n) is 1.60. The van der Waals surface area contributed by atoms with Crippen LogP contribution in [-0.4, -0.2) is 30.3 Å². The number of nitrogens with one attached hydrogen (secondary N) is 1. The molecule has 1 aliphatic heterocycles. The first kappa shape index (κ1) is 10.5. The summed E-state index contributed by atoms with van der Waals surface area (Å²) in [6.45, 7) is 0.851. The van der Waals surface area contributed by atoms with E-state index in [1.807, 2.05) is 0 Å². The molecule has 0 aliphatic carbocycles. The van der Waals surface area contributed by atoms with Crippen LogP contribution in [0, 0.1) is 0 Å². The third kappa shape index (κ3) is 2.13. The monoisotopic (exact) mass is 221 g/mol. The highest BCUT2D eigenvalue weighted by Crippen LogP contribution is 2.18. The molecule has 1 fully saturated rings. The highest BCUT2D eigenvalue weighted by Gasteiger charge is 2.20. The Kier molecular flexibility index (Phi) is 2.76. The minimum atomic E-state index is -0.945. The Hall–Kier alpha value is -2.04. The van der Waals surface area contributed by atoms with E-state index in [1.54, 1.807) is 24.3 Å². The van der Waals surface area contributed by atoms with Crippen molar-refractivity contribution in [1.29, 1.82) is 0 Å². The summed E-state index contributed by atoms with van der Waals surface area (Å²) in [6, 6.07) is 6.59. The van der Waals surface area contributed by atoms with Crippen LogP contribution in [-0.2, 0) is 4.74 Å². The maximum atomic E-state index is 10.8. The predicted molar refractivity (Wildman–Crippen MR) is 55.5 cm³/mol. The second-order valence-electron chi connectivity index (χ2n) is 3.60. The van der Waals surface area contributed by atoms with Gasteiger partial charge in [0.2, 0.25) is 0 Å². The maximum Gasteiger partial charge on any atom is 0.407 e. The van der Waals surface area contributed by atoms with Gasteiger partial charge in [-0.05, 0) is 17.7 Å². The van der Waals surface area contributed by atoms with Crippen molar-refractivity contribution in [2.24, 2.45) is 0 Å². The first-order valence-corrected chi connectivity index (χ1v) is 4.90. The van der Waals surface area contributed by atoms with Gasteiger partial charge in [0.25, 0.3) is 0 Å². The fraction of sp³-hybridized carbons (Fsp3) is 0.273. The molecule has 5 nitrogen and oxygen atoms in total. The number of benzene rings is 1. The van der Waals surface area contributed by atoms with E-state index < -0.39 is 12.1 Å². The maximum absolute atomic E-state index is 10.8. The van der Waals surface area contributed by atoms with Gasteiger partial charge >= 0.3 is 12.1 Å². The highest BCUT2D eigenvalue weighted by molar-refractivity contribution is 5.87. The van der Waals surface area contributed by atoms with Crippen molar-refractivity contribution in [2.45, 2.75) is 5.92 Å². The standard InChI is InChI=1S/C11H11NO4/c13-10(14)8-3-1-7(2-4-8)9-5-12-11(15)16-6-9/h1-4,9H,5-6H2,(H,12,15)(H,13,14). The molecule has 1 unspecified atom stereocenters. The zero-order chi connectivity index (χ0) is 11.5. The van der Waals surface area contributed by atoms with E-state index in [0.717, 1.165) is 5.56 Å². The van der Waals surface area contributed by atoms with E-state index in [9.17, 15) is 9.59 Å². The number of carboxylic acid groups (broad SMARTS) is 1. The molecule has 0 spiro atoms. The molecule has 0 saturated carbocycles. The van der Waals surface area contributed by atoms with Gasteiger partial charge in [-0.15, -0.1) is 0 Å². The molecule has 5 heteroatoms. The molecule has 1 atom stereocenters. The zero-order valence-electron chi connectivity index (χ0n) is 8.47. The number of hydrogen-bond acceptors (Lipinski definition) is 3. The van der Waals surface area contributed by atoms with Crippen molar-refractivity contribution >= 4 is 12.1 Å². The molecule has 2 rings (SSSR count). The van der Waals surface area contributed by atoms with Crippen molar-refractivity contribution in [1.82, 2.24) is 5.32 Å². The van der Waals surface area contributed by atoms with Gasteiger partial charge in [-0.25, -0.2) is 9.59 Å². The molecule has 1 amide bonds. The van der Waals surface area contributed by atoms with E-state index in [-0.39, 0.29) is 11.5 Å². The minimum absolute atomic E-state index is 0.0838. The van der Waals surface area contributed by atoms with Crippen molar-refractivity contribution in [2.75, 3.05) is 13.2 Å². The first-order chi connectivity index (χ1) is 7.66. The smallest absolute Gasteiger partial charge is 0.407 e. The Bertz CT molecular complexity index is 402. The van der Waals surface area contributed by atoms with Crippen LogP contribution in [0.1, 0.15) is 21.8 Å². The molecule has 84 valence electrons. The summed E-state index contributed by atoms with van der Waals surface area (Å²) < 4.78 is 4.86. The molecule has 2 N–H and O–H groups in total. The molecule has 0 aromatic heterocycles. The number of carbonyl (C=O) groups is 2. The van der Waals surface area contributed by atoms with Crippen LogP contribution in [0.15, 0.2) is 24.3 Å². The number of ether oxygens (including phenoxy) is 1.